The fraction of sp³-hybridized carbons (Fsp3) is 0.417. The molecule has 0 saturated heterocycles. The number of hydrogen-bond acceptors (Lipinski definition) is 6. The lowest BCUT2D eigenvalue weighted by Crippen LogP contribution is -2.34. The molecule has 1 aromatic carbocycles. The van der Waals surface area contributed by atoms with Crippen LogP contribution in [0.4, 0.5) is 0 Å². The van der Waals surface area contributed by atoms with Crippen LogP contribution in [0.25, 0.3) is 0 Å². The Kier molecular flexibility index (Phi) is 5.67. The van der Waals surface area contributed by atoms with Crippen molar-refractivity contribution in [2.45, 2.75) is 18.1 Å². The number of benzene rings is 1. The Balaban J connectivity index is 3.13. The highest BCUT2D eigenvalue weighted by atomic mass is 32.2. The van der Waals surface area contributed by atoms with E-state index < -0.39 is 33.6 Å². The van der Waals surface area contributed by atoms with Crippen molar-refractivity contribution in [1.82, 2.24) is 4.72 Å². The number of aryl methyl sites for hydroxylation is 1. The van der Waals surface area contributed by atoms with Crippen LogP contribution in [0.1, 0.15) is 15.9 Å². The molecule has 0 fully saturated rings. The van der Waals surface area contributed by atoms with Gasteiger partial charge in [0, 0.05) is 14.2 Å². The third kappa shape index (κ3) is 4.14. The molecule has 0 unspecified atom stereocenters. The number of carbonyl (C=O) groups is 1. The van der Waals surface area contributed by atoms with Gasteiger partial charge in [-0.1, -0.05) is 0 Å². The Hall–Kier alpha value is -1.68. The third-order valence-corrected chi connectivity index (χ3v) is 4.34. The summed E-state index contributed by atoms with van der Waals surface area (Å²) < 4.78 is 36.3. The van der Waals surface area contributed by atoms with E-state index in [2.05, 4.69) is 4.72 Å². The summed E-state index contributed by atoms with van der Waals surface area (Å²) >= 11 is 0. The zero-order chi connectivity index (χ0) is 16.2. The molecule has 0 aromatic heterocycles. The second kappa shape index (κ2) is 6.85. The standard InChI is InChI=1S/C12H17NO7S/c1-7-4-9(14)8(12(15)16)5-10(7)21(17,18)13-6-11(19-2)20-3/h4-5,11,13-14H,6H2,1-3H3,(H,15,16). The molecule has 8 nitrogen and oxygen atoms in total. The number of aromatic hydroxyl groups is 1. The molecule has 0 atom stereocenters. The van der Waals surface area contributed by atoms with Crippen LogP contribution in [-0.4, -0.2) is 51.7 Å². The van der Waals surface area contributed by atoms with Gasteiger partial charge in [-0.05, 0) is 24.6 Å². The number of hydrogen-bond donors (Lipinski definition) is 3. The van der Waals surface area contributed by atoms with Crippen molar-refractivity contribution in [1.29, 1.82) is 0 Å². The molecule has 1 rings (SSSR count). The van der Waals surface area contributed by atoms with Crippen LogP contribution in [0.15, 0.2) is 17.0 Å². The predicted octanol–water partition coefficient (Wildman–Crippen LogP) is 0.296. The second-order valence-corrected chi connectivity index (χ2v) is 5.93. The first-order valence-electron chi connectivity index (χ1n) is 5.85. The summed E-state index contributed by atoms with van der Waals surface area (Å²) in [4.78, 5) is 10.7. The first-order valence-corrected chi connectivity index (χ1v) is 7.33. The normalized spacial score (nSPS) is 11.8. The number of carboxylic acid groups (broad SMARTS) is 1. The lowest BCUT2D eigenvalue weighted by molar-refractivity contribution is -0.0960. The Bertz CT molecular complexity index is 623. The first kappa shape index (κ1) is 17.4. The lowest BCUT2D eigenvalue weighted by Gasteiger charge is -2.15. The molecule has 0 aliphatic heterocycles. The number of aromatic carboxylic acids is 1. The Morgan fingerprint density at radius 1 is 1.33 bits per heavy atom. The number of ether oxygens (including phenoxy) is 2. The molecule has 0 saturated carbocycles. The molecule has 0 aliphatic carbocycles. The van der Waals surface area contributed by atoms with Gasteiger partial charge in [-0.15, -0.1) is 0 Å². The SMILES string of the molecule is COC(CNS(=O)(=O)c1cc(C(=O)O)c(O)cc1C)OC. The van der Waals surface area contributed by atoms with Gasteiger partial charge in [-0.3, -0.25) is 0 Å². The summed E-state index contributed by atoms with van der Waals surface area (Å²) in [6.07, 6.45) is -0.767. The van der Waals surface area contributed by atoms with Crippen molar-refractivity contribution in [3.05, 3.63) is 23.3 Å². The van der Waals surface area contributed by atoms with E-state index in [1.807, 2.05) is 0 Å². The molecular formula is C12H17NO7S. The van der Waals surface area contributed by atoms with E-state index in [4.69, 9.17) is 14.6 Å². The zero-order valence-corrected chi connectivity index (χ0v) is 12.6. The van der Waals surface area contributed by atoms with Gasteiger partial charge in [0.15, 0.2) is 6.29 Å². The molecule has 118 valence electrons. The summed E-state index contributed by atoms with van der Waals surface area (Å²) in [5, 5.41) is 18.4. The molecule has 0 amide bonds. The summed E-state index contributed by atoms with van der Waals surface area (Å²) in [6, 6.07) is 1.99. The monoisotopic (exact) mass is 319 g/mol. The molecule has 0 radical (unpaired) electrons. The van der Waals surface area contributed by atoms with Crippen LogP contribution in [0.2, 0.25) is 0 Å². The average Bonchev–Trinajstić information content (AvgIpc) is 2.38. The Labute approximate surface area is 122 Å². The number of nitrogens with one attached hydrogen (secondary N) is 1. The van der Waals surface area contributed by atoms with Crippen molar-refractivity contribution < 1.29 is 32.9 Å². The van der Waals surface area contributed by atoms with E-state index in [1.54, 1.807) is 0 Å². The molecule has 21 heavy (non-hydrogen) atoms. The van der Waals surface area contributed by atoms with Gasteiger partial charge in [0.1, 0.15) is 11.3 Å². The molecule has 0 aliphatic rings. The highest BCUT2D eigenvalue weighted by Gasteiger charge is 2.22. The Morgan fingerprint density at radius 3 is 2.38 bits per heavy atom. The number of sulfonamides is 1. The fourth-order valence-electron chi connectivity index (χ4n) is 1.65. The molecular weight excluding hydrogens is 302 g/mol. The fourth-order valence-corrected chi connectivity index (χ4v) is 2.92. The van der Waals surface area contributed by atoms with E-state index in [0.717, 1.165) is 12.1 Å². The van der Waals surface area contributed by atoms with E-state index in [1.165, 1.54) is 21.1 Å². The number of phenols is 1. The minimum absolute atomic E-state index is 0.141. The Morgan fingerprint density at radius 2 is 1.90 bits per heavy atom. The average molecular weight is 319 g/mol. The molecule has 3 N–H and O–H groups in total. The van der Waals surface area contributed by atoms with Gasteiger partial charge in [0.05, 0.1) is 11.4 Å². The molecule has 0 bridgehead atoms. The van der Waals surface area contributed by atoms with Crippen LogP contribution >= 0.6 is 0 Å². The number of carboxylic acids is 1. The van der Waals surface area contributed by atoms with Gasteiger partial charge in [-0.2, -0.15) is 0 Å². The van der Waals surface area contributed by atoms with Crippen LogP contribution < -0.4 is 4.72 Å². The zero-order valence-electron chi connectivity index (χ0n) is 11.8. The minimum atomic E-state index is -3.96. The summed E-state index contributed by atoms with van der Waals surface area (Å²) in [7, 11) is -1.25. The van der Waals surface area contributed by atoms with Crippen LogP contribution in [0, 0.1) is 6.92 Å². The first-order chi connectivity index (χ1) is 9.72. The lowest BCUT2D eigenvalue weighted by atomic mass is 10.1. The smallest absolute Gasteiger partial charge is 0.339 e. The van der Waals surface area contributed by atoms with Crippen LogP contribution in [0.3, 0.4) is 0 Å². The molecule has 0 spiro atoms. The summed E-state index contributed by atoms with van der Waals surface area (Å²) in [5.41, 5.74) is -0.271. The molecule has 1 aromatic rings. The summed E-state index contributed by atoms with van der Waals surface area (Å²) in [6.45, 7) is 1.31. The van der Waals surface area contributed by atoms with Gasteiger partial charge < -0.3 is 19.7 Å². The van der Waals surface area contributed by atoms with Gasteiger partial charge >= 0.3 is 5.97 Å². The van der Waals surface area contributed by atoms with Gasteiger partial charge in [0.25, 0.3) is 0 Å². The highest BCUT2D eigenvalue weighted by Crippen LogP contribution is 2.25. The molecule has 9 heteroatoms. The molecule has 0 heterocycles. The maximum Gasteiger partial charge on any atom is 0.339 e. The van der Waals surface area contributed by atoms with Crippen molar-refractivity contribution >= 4 is 16.0 Å². The van der Waals surface area contributed by atoms with E-state index >= 15 is 0 Å². The largest absolute Gasteiger partial charge is 0.507 e. The van der Waals surface area contributed by atoms with E-state index in [0.29, 0.717) is 0 Å². The highest BCUT2D eigenvalue weighted by molar-refractivity contribution is 7.89. The maximum absolute atomic E-state index is 12.2. The number of rotatable bonds is 7. The van der Waals surface area contributed by atoms with Crippen LogP contribution in [0.5, 0.6) is 5.75 Å². The van der Waals surface area contributed by atoms with Gasteiger partial charge in [0.2, 0.25) is 10.0 Å². The van der Waals surface area contributed by atoms with Crippen molar-refractivity contribution in [2.75, 3.05) is 20.8 Å². The van der Waals surface area contributed by atoms with Crippen molar-refractivity contribution in [2.24, 2.45) is 0 Å². The number of methoxy groups -OCH3 is 2. The van der Waals surface area contributed by atoms with E-state index in [-0.39, 0.29) is 17.0 Å². The minimum Gasteiger partial charge on any atom is -0.507 e. The van der Waals surface area contributed by atoms with Crippen LogP contribution in [-0.2, 0) is 19.5 Å². The maximum atomic E-state index is 12.2. The summed E-state index contributed by atoms with van der Waals surface area (Å²) in [5.74, 6) is -1.92. The van der Waals surface area contributed by atoms with Crippen molar-refractivity contribution in [3.8, 4) is 5.75 Å². The topological polar surface area (TPSA) is 122 Å². The van der Waals surface area contributed by atoms with E-state index in [9.17, 15) is 18.3 Å². The second-order valence-electron chi connectivity index (χ2n) is 4.19. The van der Waals surface area contributed by atoms with Gasteiger partial charge in [-0.25, -0.2) is 17.9 Å². The van der Waals surface area contributed by atoms with Crippen molar-refractivity contribution in [3.63, 3.8) is 0 Å². The quantitative estimate of drug-likeness (QED) is 0.618. The third-order valence-electron chi connectivity index (χ3n) is 2.78. The predicted molar refractivity (Wildman–Crippen MR) is 72.8 cm³/mol.